The van der Waals surface area contributed by atoms with Gasteiger partial charge in [-0.15, -0.1) is 11.6 Å². The normalized spacial score (nSPS) is 14.8. The van der Waals surface area contributed by atoms with Gasteiger partial charge in [-0.25, -0.2) is 0 Å². The fourth-order valence-corrected chi connectivity index (χ4v) is 4.72. The lowest BCUT2D eigenvalue weighted by atomic mass is 9.95. The van der Waals surface area contributed by atoms with Crippen LogP contribution in [0.25, 0.3) is 10.8 Å². The maximum absolute atomic E-state index is 9.92. The summed E-state index contributed by atoms with van der Waals surface area (Å²) in [6, 6.07) is 19.8. The molecule has 1 heterocycles. The molecule has 3 aromatic rings. The third-order valence-electron chi connectivity index (χ3n) is 5.48. The van der Waals surface area contributed by atoms with Gasteiger partial charge in [0.1, 0.15) is 5.75 Å². The van der Waals surface area contributed by atoms with Crippen molar-refractivity contribution in [3.8, 4) is 5.75 Å². The smallest absolute Gasteiger partial charge is 0.155 e. The van der Waals surface area contributed by atoms with Crippen molar-refractivity contribution in [3.05, 3.63) is 95.6 Å². The van der Waals surface area contributed by atoms with Crippen LogP contribution < -0.4 is 5.32 Å². The summed E-state index contributed by atoms with van der Waals surface area (Å²) in [7, 11) is 0.0847. The molecule has 0 saturated carbocycles. The lowest BCUT2D eigenvalue weighted by molar-refractivity contribution is 0.274. The first kappa shape index (κ1) is 29.9. The molecule has 0 amide bonds. The number of alkyl halides is 1. The molecular weight excluding hydrogens is 489 g/mol. The van der Waals surface area contributed by atoms with E-state index in [-0.39, 0.29) is 9.03 Å². The molecule has 0 aromatic heterocycles. The van der Waals surface area contributed by atoms with Gasteiger partial charge in [-0.2, -0.15) is 0 Å². The van der Waals surface area contributed by atoms with Gasteiger partial charge in [-0.05, 0) is 35.4 Å². The average molecular weight is 528 g/mol. The maximum Gasteiger partial charge on any atom is 0.155 e. The Bertz CT molecular complexity index is 1100. The average Bonchev–Trinajstić information content (AvgIpc) is 3.34. The Kier molecular flexibility index (Phi) is 14.2. The van der Waals surface area contributed by atoms with E-state index in [1.165, 1.54) is 16.7 Å². The number of nitrogens with one attached hydrogen (secondary N) is 1. The summed E-state index contributed by atoms with van der Waals surface area (Å²) in [5, 5.41) is 15.2. The number of fused-ring (bicyclic) bond motifs is 3. The molecule has 0 fully saturated rings. The highest BCUT2D eigenvalue weighted by atomic mass is 35.5. The Morgan fingerprint density at radius 2 is 1.78 bits per heavy atom. The van der Waals surface area contributed by atoms with Crippen molar-refractivity contribution in [1.82, 2.24) is 0 Å². The molecule has 0 aliphatic carbocycles. The second-order valence-electron chi connectivity index (χ2n) is 7.97. The minimum absolute atomic E-state index is 0.0847. The van der Waals surface area contributed by atoms with Gasteiger partial charge in [-0.1, -0.05) is 93.6 Å². The highest BCUT2D eigenvalue weighted by Gasteiger charge is 2.24. The van der Waals surface area contributed by atoms with Gasteiger partial charge in [0, 0.05) is 35.5 Å². The Labute approximate surface area is 223 Å². The summed E-state index contributed by atoms with van der Waals surface area (Å²) in [6.45, 7) is 10.2. The number of benzene rings is 3. The molecule has 1 aliphatic rings. The van der Waals surface area contributed by atoms with E-state index >= 15 is 0 Å². The predicted molar refractivity (Wildman–Crippen MR) is 158 cm³/mol. The fourth-order valence-electron chi connectivity index (χ4n) is 3.92. The number of allylic oxidation sites excluding steroid dienone is 2. The Hall–Kier alpha value is -2.36. The highest BCUT2D eigenvalue weighted by molar-refractivity contribution is 7.26. The zero-order valence-electron chi connectivity index (χ0n) is 21.8. The zero-order chi connectivity index (χ0) is 26.2. The van der Waals surface area contributed by atoms with Crippen LogP contribution in [0.2, 0.25) is 0 Å². The second-order valence-corrected chi connectivity index (χ2v) is 9.02. The van der Waals surface area contributed by atoms with E-state index in [4.69, 9.17) is 20.6 Å². The van der Waals surface area contributed by atoms with E-state index in [0.29, 0.717) is 30.8 Å². The summed E-state index contributed by atoms with van der Waals surface area (Å²) in [5.41, 5.74) is 4.63. The lowest BCUT2D eigenvalue weighted by Crippen LogP contribution is -2.02. The first-order valence-corrected chi connectivity index (χ1v) is 13.9. The van der Waals surface area contributed by atoms with Crippen molar-refractivity contribution in [2.45, 2.75) is 46.6 Å². The van der Waals surface area contributed by atoms with E-state index < -0.39 is 0 Å². The van der Waals surface area contributed by atoms with Crippen LogP contribution >= 0.6 is 20.6 Å². The van der Waals surface area contributed by atoms with E-state index in [0.717, 1.165) is 29.4 Å². The van der Waals surface area contributed by atoms with Crippen LogP contribution in [-0.4, -0.2) is 24.1 Å². The first-order chi connectivity index (χ1) is 17.7. The molecule has 0 spiro atoms. The summed E-state index contributed by atoms with van der Waals surface area (Å²) < 4.78 is 11.0. The Balaban J connectivity index is 0.000000238. The van der Waals surface area contributed by atoms with Gasteiger partial charge in [-0.3, -0.25) is 0 Å². The zero-order valence-corrected chi connectivity index (χ0v) is 23.5. The topological polar surface area (TPSA) is 50.7 Å². The maximum atomic E-state index is 9.92. The summed E-state index contributed by atoms with van der Waals surface area (Å²) in [6.07, 6.45) is 7.29. The van der Waals surface area contributed by atoms with Crippen molar-refractivity contribution in [1.29, 1.82) is 0 Å². The van der Waals surface area contributed by atoms with E-state index in [9.17, 15) is 5.11 Å². The fraction of sp³-hybridized carbons (Fsp3) is 0.333. The third kappa shape index (κ3) is 8.94. The van der Waals surface area contributed by atoms with Crippen LogP contribution in [0.4, 0.5) is 5.69 Å². The predicted octanol–water partition coefficient (Wildman–Crippen LogP) is 8.96. The van der Waals surface area contributed by atoms with Gasteiger partial charge in [0.2, 0.25) is 0 Å². The molecule has 194 valence electrons. The second kappa shape index (κ2) is 17.2. The highest BCUT2D eigenvalue weighted by Crippen LogP contribution is 2.41. The van der Waals surface area contributed by atoms with E-state index in [2.05, 4.69) is 24.4 Å². The van der Waals surface area contributed by atoms with Crippen molar-refractivity contribution < 1.29 is 14.2 Å². The van der Waals surface area contributed by atoms with Gasteiger partial charge in [0.05, 0.1) is 13.2 Å². The third-order valence-corrected chi connectivity index (χ3v) is 6.38. The Morgan fingerprint density at radius 3 is 2.44 bits per heavy atom. The standard InChI is InChI=1S/C15H21O2P.C13H12ClNO.C2H6/c1-3-8-14(9-4-2)12-16-18-17-13-15-10-6-5-7-11-15;14-6-8-7-15-11-5-12(16)9-3-1-2-4-10(9)13(8)11;1-2/h3,5-11,18H,4,12-13H2,1-2H3;1-5,8,15-16H,6-7H2;1-2H3/b8-3-,14-9+;;/t;8-;/m.1./s1. The molecule has 0 bridgehead atoms. The first-order valence-electron chi connectivity index (χ1n) is 12.6. The van der Waals surface area contributed by atoms with E-state index in [1.807, 2.05) is 81.4 Å². The molecular formula is C30H39ClNO3P. The molecule has 3 aromatic carbocycles. The molecule has 36 heavy (non-hydrogen) atoms. The molecule has 4 nitrogen and oxygen atoms in total. The molecule has 2 N–H and O–H groups in total. The van der Waals surface area contributed by atoms with Crippen molar-refractivity contribution in [3.63, 3.8) is 0 Å². The van der Waals surface area contributed by atoms with Crippen LogP contribution in [0.15, 0.2) is 84.5 Å². The number of anilines is 1. The summed E-state index contributed by atoms with van der Waals surface area (Å²) >= 11 is 5.97. The van der Waals surface area contributed by atoms with E-state index in [1.54, 1.807) is 6.07 Å². The minimum Gasteiger partial charge on any atom is -0.507 e. The van der Waals surface area contributed by atoms with Crippen molar-refractivity contribution in [2.75, 3.05) is 24.3 Å². The van der Waals surface area contributed by atoms with Crippen molar-refractivity contribution in [2.24, 2.45) is 0 Å². The monoisotopic (exact) mass is 527 g/mol. The van der Waals surface area contributed by atoms with Crippen LogP contribution in [0, 0.1) is 0 Å². The number of phenolic OH excluding ortho intramolecular Hbond substituents is 1. The molecule has 6 heteroatoms. The van der Waals surface area contributed by atoms with Gasteiger partial charge in [0.25, 0.3) is 0 Å². The van der Waals surface area contributed by atoms with Crippen LogP contribution in [0.5, 0.6) is 5.75 Å². The number of aromatic hydroxyl groups is 1. The molecule has 1 unspecified atom stereocenters. The number of hydrogen-bond acceptors (Lipinski definition) is 4. The van der Waals surface area contributed by atoms with Gasteiger partial charge < -0.3 is 19.5 Å². The van der Waals surface area contributed by atoms with Crippen molar-refractivity contribution >= 4 is 37.1 Å². The molecule has 0 saturated heterocycles. The SMILES string of the molecule is C/C=C\C(=C/CC)COPOCc1ccccc1.CC.Oc1cc2c(c3ccccc13)[C@H](CCl)CN2. The Morgan fingerprint density at radius 1 is 1.08 bits per heavy atom. The lowest BCUT2D eigenvalue weighted by Gasteiger charge is -2.10. The van der Waals surface area contributed by atoms with Crippen LogP contribution in [0.3, 0.4) is 0 Å². The molecule has 1 aliphatic heterocycles. The summed E-state index contributed by atoms with van der Waals surface area (Å²) in [5.74, 6) is 1.27. The number of hydrogen-bond donors (Lipinski definition) is 2. The minimum atomic E-state index is 0.0847. The summed E-state index contributed by atoms with van der Waals surface area (Å²) in [4.78, 5) is 0. The molecule has 2 atom stereocenters. The van der Waals surface area contributed by atoms with Gasteiger partial charge >= 0.3 is 0 Å². The van der Waals surface area contributed by atoms with Crippen LogP contribution in [0.1, 0.15) is 51.2 Å². The molecule has 4 rings (SSSR count). The number of halogens is 1. The quantitative estimate of drug-likeness (QED) is 0.126. The number of rotatable bonds is 9. The van der Waals surface area contributed by atoms with Crippen LogP contribution in [-0.2, 0) is 15.7 Å². The van der Waals surface area contributed by atoms with Gasteiger partial charge in [0.15, 0.2) is 9.03 Å². The molecule has 0 radical (unpaired) electrons. The largest absolute Gasteiger partial charge is 0.507 e. The number of phenols is 1.